The van der Waals surface area contributed by atoms with Gasteiger partial charge in [-0.05, 0) is 23.7 Å². The third kappa shape index (κ3) is 2.94. The van der Waals surface area contributed by atoms with E-state index in [0.29, 0.717) is 0 Å². The molecule has 0 aromatic carbocycles. The number of nitrogens with zero attached hydrogens (tertiary/aromatic N) is 3. The van der Waals surface area contributed by atoms with Crippen LogP contribution in [0.2, 0.25) is 5.28 Å². The fourth-order valence-electron chi connectivity index (χ4n) is 1.13. The van der Waals surface area contributed by atoms with Crippen LogP contribution < -0.4 is 5.32 Å². The van der Waals surface area contributed by atoms with Crippen LogP contribution in [0.1, 0.15) is 10.4 Å². The summed E-state index contributed by atoms with van der Waals surface area (Å²) in [5.74, 6) is -0.871. The summed E-state index contributed by atoms with van der Waals surface area (Å²) in [7, 11) is 0. The third-order valence-corrected chi connectivity index (χ3v) is 2.02. The number of aromatic nitrogens is 3. The number of anilines is 1. The van der Waals surface area contributed by atoms with Gasteiger partial charge < -0.3 is 5.32 Å². The Morgan fingerprint density at radius 1 is 1.41 bits per heavy atom. The predicted molar refractivity (Wildman–Crippen MR) is 59.2 cm³/mol. The molecule has 0 aliphatic carbocycles. The lowest BCUT2D eigenvalue weighted by Gasteiger charge is -2.03. The van der Waals surface area contributed by atoms with Crippen molar-refractivity contribution in [3.05, 3.63) is 47.4 Å². The van der Waals surface area contributed by atoms with Crippen LogP contribution in [0.5, 0.6) is 0 Å². The van der Waals surface area contributed by atoms with Crippen LogP contribution in [-0.4, -0.2) is 20.9 Å². The van der Waals surface area contributed by atoms with Gasteiger partial charge in [-0.2, -0.15) is 0 Å². The second-order valence-electron chi connectivity index (χ2n) is 3.06. The topological polar surface area (TPSA) is 67.8 Å². The maximum Gasteiger partial charge on any atom is 0.258 e. The summed E-state index contributed by atoms with van der Waals surface area (Å²) in [6.45, 7) is 0. The third-order valence-electron chi connectivity index (χ3n) is 1.83. The van der Waals surface area contributed by atoms with E-state index in [1.165, 1.54) is 18.5 Å². The number of halogens is 2. The number of carbonyl (C=O) groups is 1. The lowest BCUT2D eigenvalue weighted by molar-refractivity contribution is 0.102. The molecule has 0 saturated heterocycles. The minimum atomic E-state index is -0.585. The molecule has 17 heavy (non-hydrogen) atoms. The molecule has 0 radical (unpaired) electrons. The number of amides is 1. The number of hydrogen-bond donors (Lipinski definition) is 1. The highest BCUT2D eigenvalue weighted by Crippen LogP contribution is 2.08. The summed E-state index contributed by atoms with van der Waals surface area (Å²) >= 11 is 5.55. The van der Waals surface area contributed by atoms with Crippen molar-refractivity contribution in [2.75, 3.05) is 5.32 Å². The molecule has 86 valence electrons. The van der Waals surface area contributed by atoms with Crippen molar-refractivity contribution in [2.45, 2.75) is 0 Å². The summed E-state index contributed by atoms with van der Waals surface area (Å²) in [6, 6.07) is 2.54. The first-order valence-electron chi connectivity index (χ1n) is 4.55. The zero-order valence-corrected chi connectivity index (χ0v) is 9.15. The van der Waals surface area contributed by atoms with E-state index in [0.717, 1.165) is 12.3 Å². The molecular formula is C10H6ClFN4O. The summed E-state index contributed by atoms with van der Waals surface area (Å²) in [5.41, 5.74) is 0.0970. The molecular weight excluding hydrogens is 247 g/mol. The Morgan fingerprint density at radius 2 is 2.24 bits per heavy atom. The second-order valence-corrected chi connectivity index (χ2v) is 3.39. The summed E-state index contributed by atoms with van der Waals surface area (Å²) in [4.78, 5) is 22.7. The molecule has 0 aliphatic rings. The minimum absolute atomic E-state index is 0.0140. The molecule has 0 aliphatic heterocycles. The summed E-state index contributed by atoms with van der Waals surface area (Å²) in [5, 5.41) is 2.46. The Bertz CT molecular complexity index is 564. The van der Waals surface area contributed by atoms with Crippen LogP contribution in [0, 0.1) is 5.82 Å². The van der Waals surface area contributed by atoms with Gasteiger partial charge in [0, 0.05) is 12.4 Å². The van der Waals surface area contributed by atoms with E-state index >= 15 is 0 Å². The highest BCUT2D eigenvalue weighted by molar-refractivity contribution is 6.28. The van der Waals surface area contributed by atoms with Gasteiger partial charge in [-0.25, -0.2) is 14.4 Å². The Morgan fingerprint density at radius 3 is 2.94 bits per heavy atom. The van der Waals surface area contributed by atoms with Crippen molar-refractivity contribution >= 4 is 23.3 Å². The first-order valence-corrected chi connectivity index (χ1v) is 4.93. The maximum absolute atomic E-state index is 12.8. The highest BCUT2D eigenvalue weighted by Gasteiger charge is 2.08. The highest BCUT2D eigenvalue weighted by atomic mass is 35.5. The molecule has 1 N–H and O–H groups in total. The average molecular weight is 253 g/mol. The van der Waals surface area contributed by atoms with Crippen molar-refractivity contribution in [3.8, 4) is 0 Å². The minimum Gasteiger partial charge on any atom is -0.306 e. The summed E-state index contributed by atoms with van der Waals surface area (Å²) < 4.78 is 12.8. The SMILES string of the molecule is O=C(Nc1ccnc(Cl)n1)c1cncc(F)c1. The molecule has 7 heteroatoms. The smallest absolute Gasteiger partial charge is 0.258 e. The zero-order valence-electron chi connectivity index (χ0n) is 8.39. The first kappa shape index (κ1) is 11.4. The molecule has 2 heterocycles. The molecule has 2 rings (SSSR count). The Balaban J connectivity index is 2.17. The van der Waals surface area contributed by atoms with Crippen LogP contribution >= 0.6 is 11.6 Å². The van der Waals surface area contributed by atoms with Gasteiger partial charge in [0.2, 0.25) is 5.28 Å². The normalized spacial score (nSPS) is 10.0. The van der Waals surface area contributed by atoms with E-state index in [1.807, 2.05) is 0 Å². The fraction of sp³-hybridized carbons (Fsp3) is 0. The molecule has 0 atom stereocenters. The Kier molecular flexibility index (Phi) is 3.24. The molecule has 0 fully saturated rings. The van der Waals surface area contributed by atoms with Gasteiger partial charge in [-0.15, -0.1) is 0 Å². The van der Waals surface area contributed by atoms with E-state index < -0.39 is 11.7 Å². The van der Waals surface area contributed by atoms with Gasteiger partial charge in [0.05, 0.1) is 11.8 Å². The lowest BCUT2D eigenvalue weighted by atomic mass is 10.2. The molecule has 5 nitrogen and oxygen atoms in total. The number of carbonyl (C=O) groups excluding carboxylic acids is 1. The molecule has 0 unspecified atom stereocenters. The van der Waals surface area contributed by atoms with E-state index in [4.69, 9.17) is 11.6 Å². The number of pyridine rings is 1. The Labute approximate surface area is 101 Å². The fourth-order valence-corrected chi connectivity index (χ4v) is 1.28. The number of rotatable bonds is 2. The molecule has 0 saturated carbocycles. The van der Waals surface area contributed by atoms with Gasteiger partial charge in [-0.3, -0.25) is 9.78 Å². The zero-order chi connectivity index (χ0) is 12.3. The van der Waals surface area contributed by atoms with Crippen molar-refractivity contribution in [1.82, 2.24) is 15.0 Å². The number of nitrogens with one attached hydrogen (secondary N) is 1. The molecule has 1 amide bonds. The van der Waals surface area contributed by atoms with Crippen LogP contribution in [-0.2, 0) is 0 Å². The van der Waals surface area contributed by atoms with Gasteiger partial charge in [0.25, 0.3) is 5.91 Å². The van der Waals surface area contributed by atoms with Gasteiger partial charge in [0.1, 0.15) is 11.6 Å². The molecule has 2 aromatic heterocycles. The summed E-state index contributed by atoms with van der Waals surface area (Å²) in [6.07, 6.45) is 3.66. The Hall–Kier alpha value is -2.08. The van der Waals surface area contributed by atoms with Gasteiger partial charge in [0.15, 0.2) is 0 Å². The van der Waals surface area contributed by atoms with Crippen molar-refractivity contribution in [2.24, 2.45) is 0 Å². The van der Waals surface area contributed by atoms with Crippen molar-refractivity contribution in [1.29, 1.82) is 0 Å². The van der Waals surface area contributed by atoms with E-state index in [9.17, 15) is 9.18 Å². The van der Waals surface area contributed by atoms with Crippen LogP contribution in [0.25, 0.3) is 0 Å². The standard InChI is InChI=1S/C10H6ClFN4O/c11-10-14-2-1-8(16-10)15-9(17)6-3-7(12)5-13-4-6/h1-5H,(H,14,15,16,17). The number of hydrogen-bond acceptors (Lipinski definition) is 4. The van der Waals surface area contributed by atoms with E-state index in [1.54, 1.807) is 0 Å². The maximum atomic E-state index is 12.8. The van der Waals surface area contributed by atoms with Crippen molar-refractivity contribution < 1.29 is 9.18 Å². The first-order chi connectivity index (χ1) is 8.15. The quantitative estimate of drug-likeness (QED) is 0.829. The van der Waals surface area contributed by atoms with Crippen LogP contribution in [0.4, 0.5) is 10.2 Å². The van der Waals surface area contributed by atoms with Gasteiger partial charge >= 0.3 is 0 Å². The largest absolute Gasteiger partial charge is 0.306 e. The molecule has 2 aromatic rings. The van der Waals surface area contributed by atoms with Crippen molar-refractivity contribution in [3.63, 3.8) is 0 Å². The average Bonchev–Trinajstić information content (AvgIpc) is 2.29. The molecule has 0 spiro atoms. The lowest BCUT2D eigenvalue weighted by Crippen LogP contribution is -2.13. The second kappa shape index (κ2) is 4.84. The van der Waals surface area contributed by atoms with Crippen LogP contribution in [0.15, 0.2) is 30.7 Å². The molecule has 0 bridgehead atoms. The monoisotopic (exact) mass is 252 g/mol. The van der Waals surface area contributed by atoms with E-state index in [2.05, 4.69) is 20.3 Å². The van der Waals surface area contributed by atoms with Crippen LogP contribution in [0.3, 0.4) is 0 Å². The predicted octanol–water partition coefficient (Wildman–Crippen LogP) is 1.92. The van der Waals surface area contributed by atoms with Gasteiger partial charge in [-0.1, -0.05) is 0 Å². The van der Waals surface area contributed by atoms with E-state index in [-0.39, 0.29) is 16.7 Å².